The number of aryl methyl sites for hydroxylation is 1. The lowest BCUT2D eigenvalue weighted by molar-refractivity contribution is 0.0978. The maximum atomic E-state index is 14.3. The van der Waals surface area contributed by atoms with Crippen LogP contribution in [0.15, 0.2) is 60.8 Å². The van der Waals surface area contributed by atoms with Gasteiger partial charge in [0.1, 0.15) is 18.2 Å². The van der Waals surface area contributed by atoms with Gasteiger partial charge in [-0.25, -0.2) is 4.39 Å². The lowest BCUT2D eigenvalue weighted by Crippen LogP contribution is -2.38. The fraction of sp³-hybridized carbons (Fsp3) is 0.182. The molecule has 0 saturated carbocycles. The summed E-state index contributed by atoms with van der Waals surface area (Å²) in [5, 5.41) is 0. The van der Waals surface area contributed by atoms with Crippen LogP contribution in [-0.4, -0.2) is 17.4 Å². The SMILES string of the molecule is Cc1ccc(N2CCc3ncc(OCc4ccccc4)cc3C2=O)c(F)c1. The number of ether oxygens (including phenoxy) is 1. The van der Waals surface area contributed by atoms with Crippen molar-refractivity contribution in [3.8, 4) is 5.75 Å². The Morgan fingerprint density at radius 2 is 1.96 bits per heavy atom. The first kappa shape index (κ1) is 17.2. The van der Waals surface area contributed by atoms with Gasteiger partial charge in [-0.1, -0.05) is 36.4 Å². The van der Waals surface area contributed by atoms with E-state index in [0.717, 1.165) is 16.8 Å². The number of aromatic nitrogens is 1. The van der Waals surface area contributed by atoms with Gasteiger partial charge in [-0.3, -0.25) is 9.78 Å². The van der Waals surface area contributed by atoms with Gasteiger partial charge in [-0.15, -0.1) is 0 Å². The summed E-state index contributed by atoms with van der Waals surface area (Å²) in [6.45, 7) is 2.62. The maximum Gasteiger partial charge on any atom is 0.260 e. The minimum atomic E-state index is -0.392. The van der Waals surface area contributed by atoms with Crippen molar-refractivity contribution in [2.45, 2.75) is 20.0 Å². The van der Waals surface area contributed by atoms with Gasteiger partial charge < -0.3 is 9.64 Å². The molecule has 0 unspecified atom stereocenters. The molecule has 4 rings (SSSR count). The number of fused-ring (bicyclic) bond motifs is 1. The normalized spacial score (nSPS) is 13.4. The first-order chi connectivity index (χ1) is 13.1. The molecule has 0 atom stereocenters. The number of rotatable bonds is 4. The molecule has 0 saturated heterocycles. The van der Waals surface area contributed by atoms with Crippen molar-refractivity contribution >= 4 is 11.6 Å². The van der Waals surface area contributed by atoms with Gasteiger partial charge in [0.15, 0.2) is 0 Å². The summed E-state index contributed by atoms with van der Waals surface area (Å²) in [6.07, 6.45) is 2.21. The highest BCUT2D eigenvalue weighted by atomic mass is 19.1. The van der Waals surface area contributed by atoms with E-state index in [2.05, 4.69) is 4.98 Å². The number of pyridine rings is 1. The van der Waals surface area contributed by atoms with Crippen molar-refractivity contribution in [3.05, 3.63) is 89.0 Å². The van der Waals surface area contributed by atoms with E-state index in [-0.39, 0.29) is 5.91 Å². The molecule has 1 amide bonds. The zero-order valence-corrected chi connectivity index (χ0v) is 15.0. The highest BCUT2D eigenvalue weighted by molar-refractivity contribution is 6.08. The average Bonchev–Trinajstić information content (AvgIpc) is 2.68. The van der Waals surface area contributed by atoms with Gasteiger partial charge >= 0.3 is 0 Å². The predicted molar refractivity (Wildman–Crippen MR) is 102 cm³/mol. The number of anilines is 1. The van der Waals surface area contributed by atoms with E-state index in [4.69, 9.17) is 4.74 Å². The quantitative estimate of drug-likeness (QED) is 0.694. The molecule has 1 aromatic heterocycles. The number of carbonyl (C=O) groups excluding carboxylic acids is 1. The molecular formula is C22H19FN2O2. The van der Waals surface area contributed by atoms with Crippen LogP contribution >= 0.6 is 0 Å². The van der Waals surface area contributed by atoms with Crippen LogP contribution in [0.25, 0.3) is 0 Å². The van der Waals surface area contributed by atoms with Gasteiger partial charge in [0, 0.05) is 13.0 Å². The molecule has 0 N–H and O–H groups in total. The Kier molecular flexibility index (Phi) is 4.59. The van der Waals surface area contributed by atoms with E-state index in [1.54, 1.807) is 24.4 Å². The van der Waals surface area contributed by atoms with Crippen molar-refractivity contribution in [2.75, 3.05) is 11.4 Å². The molecule has 5 heteroatoms. The smallest absolute Gasteiger partial charge is 0.260 e. The first-order valence-corrected chi connectivity index (χ1v) is 8.85. The number of carbonyl (C=O) groups is 1. The molecule has 0 radical (unpaired) electrons. The van der Waals surface area contributed by atoms with Crippen LogP contribution in [0.4, 0.5) is 10.1 Å². The fourth-order valence-electron chi connectivity index (χ4n) is 3.20. The van der Waals surface area contributed by atoms with E-state index < -0.39 is 5.82 Å². The minimum Gasteiger partial charge on any atom is -0.487 e. The van der Waals surface area contributed by atoms with Crippen molar-refractivity contribution in [2.24, 2.45) is 0 Å². The molecule has 1 aliphatic rings. The second-order valence-corrected chi connectivity index (χ2v) is 6.60. The number of hydrogen-bond donors (Lipinski definition) is 0. The van der Waals surface area contributed by atoms with Gasteiger partial charge in [-0.05, 0) is 36.2 Å². The Morgan fingerprint density at radius 1 is 1.15 bits per heavy atom. The Labute approximate surface area is 157 Å². The molecule has 4 nitrogen and oxygen atoms in total. The van der Waals surface area contributed by atoms with Crippen LogP contribution in [0.5, 0.6) is 5.75 Å². The molecule has 136 valence electrons. The van der Waals surface area contributed by atoms with Gasteiger partial charge in [0.05, 0.1) is 23.1 Å². The van der Waals surface area contributed by atoms with E-state index in [1.165, 1.54) is 11.0 Å². The predicted octanol–water partition coefficient (Wildman–Crippen LogP) is 4.31. The molecule has 0 spiro atoms. The lowest BCUT2D eigenvalue weighted by Gasteiger charge is -2.28. The Hall–Kier alpha value is -3.21. The van der Waals surface area contributed by atoms with Crippen LogP contribution in [0.2, 0.25) is 0 Å². The number of amides is 1. The van der Waals surface area contributed by atoms with E-state index in [9.17, 15) is 9.18 Å². The van der Waals surface area contributed by atoms with Gasteiger partial charge in [0.25, 0.3) is 5.91 Å². The Morgan fingerprint density at radius 3 is 2.74 bits per heavy atom. The number of hydrogen-bond acceptors (Lipinski definition) is 3. The molecule has 3 aromatic rings. The molecule has 27 heavy (non-hydrogen) atoms. The third kappa shape index (κ3) is 3.53. The third-order valence-electron chi connectivity index (χ3n) is 4.64. The zero-order valence-electron chi connectivity index (χ0n) is 15.0. The summed E-state index contributed by atoms with van der Waals surface area (Å²) in [7, 11) is 0. The second-order valence-electron chi connectivity index (χ2n) is 6.60. The lowest BCUT2D eigenvalue weighted by atomic mass is 10.0. The highest BCUT2D eigenvalue weighted by Gasteiger charge is 2.28. The van der Waals surface area contributed by atoms with Crippen molar-refractivity contribution in [1.29, 1.82) is 0 Å². The second kappa shape index (κ2) is 7.19. The molecule has 1 aliphatic heterocycles. The van der Waals surface area contributed by atoms with E-state index in [0.29, 0.717) is 36.6 Å². The minimum absolute atomic E-state index is 0.253. The third-order valence-corrected chi connectivity index (χ3v) is 4.64. The van der Waals surface area contributed by atoms with Crippen LogP contribution in [0.1, 0.15) is 27.2 Å². The van der Waals surface area contributed by atoms with E-state index in [1.807, 2.05) is 37.3 Å². The summed E-state index contributed by atoms with van der Waals surface area (Å²) in [4.78, 5) is 18.8. The Balaban J connectivity index is 1.57. The van der Waals surface area contributed by atoms with Crippen molar-refractivity contribution in [1.82, 2.24) is 4.98 Å². The van der Waals surface area contributed by atoms with E-state index >= 15 is 0 Å². The summed E-state index contributed by atoms with van der Waals surface area (Å²) in [5.41, 5.74) is 3.33. The highest BCUT2D eigenvalue weighted by Crippen LogP contribution is 2.28. The van der Waals surface area contributed by atoms with Gasteiger partial charge in [0.2, 0.25) is 0 Å². The monoisotopic (exact) mass is 362 g/mol. The molecule has 0 bridgehead atoms. The standard InChI is InChI=1S/C22H19FN2O2/c1-15-7-8-21(19(23)11-15)25-10-9-20-18(22(25)26)12-17(13-24-20)27-14-16-5-3-2-4-6-16/h2-8,11-13H,9-10,14H2,1H3. The molecule has 0 aliphatic carbocycles. The maximum absolute atomic E-state index is 14.3. The molecule has 2 heterocycles. The van der Waals surface area contributed by atoms with Crippen LogP contribution in [-0.2, 0) is 13.0 Å². The zero-order chi connectivity index (χ0) is 18.8. The van der Waals surface area contributed by atoms with Crippen LogP contribution < -0.4 is 9.64 Å². The topological polar surface area (TPSA) is 42.4 Å². The fourth-order valence-corrected chi connectivity index (χ4v) is 3.20. The first-order valence-electron chi connectivity index (χ1n) is 8.85. The number of nitrogens with zero attached hydrogens (tertiary/aromatic N) is 2. The van der Waals surface area contributed by atoms with Crippen molar-refractivity contribution in [3.63, 3.8) is 0 Å². The average molecular weight is 362 g/mol. The van der Waals surface area contributed by atoms with Crippen LogP contribution in [0.3, 0.4) is 0 Å². The Bertz CT molecular complexity index is 989. The number of halogens is 1. The molecule has 2 aromatic carbocycles. The molecular weight excluding hydrogens is 343 g/mol. The number of benzene rings is 2. The molecule has 0 fully saturated rings. The summed E-state index contributed by atoms with van der Waals surface area (Å²) >= 11 is 0. The largest absolute Gasteiger partial charge is 0.487 e. The van der Waals surface area contributed by atoms with Gasteiger partial charge in [-0.2, -0.15) is 0 Å². The summed E-state index contributed by atoms with van der Waals surface area (Å²) in [5.74, 6) is -0.120. The summed E-state index contributed by atoms with van der Waals surface area (Å²) < 4.78 is 20.1. The summed E-state index contributed by atoms with van der Waals surface area (Å²) in [6, 6.07) is 16.4. The van der Waals surface area contributed by atoms with Crippen molar-refractivity contribution < 1.29 is 13.9 Å². The van der Waals surface area contributed by atoms with Crippen LogP contribution in [0, 0.1) is 12.7 Å².